The number of nitrogens with zero attached hydrogens (tertiary/aromatic N) is 2. The standard InChI is InChI=1S/C15H10ClF6N3O3/c16-13-24-9(7-1-3-8(4-2-7)28-15(20,21)22)5-10(25-13)12(27)23-6-11(26)14(17,18)19/h1-5,11,26H,6H2,(H,23,27)/t11-/m0/s1. The molecule has 0 radical (unpaired) electrons. The third-order valence-corrected chi connectivity index (χ3v) is 3.32. The first kappa shape index (κ1) is 21.7. The van der Waals surface area contributed by atoms with Crippen LogP contribution in [0.1, 0.15) is 10.5 Å². The van der Waals surface area contributed by atoms with Gasteiger partial charge in [0, 0.05) is 5.56 Å². The van der Waals surface area contributed by atoms with Crippen molar-refractivity contribution in [3.05, 3.63) is 41.3 Å². The van der Waals surface area contributed by atoms with Crippen molar-refractivity contribution in [2.75, 3.05) is 6.54 Å². The molecule has 28 heavy (non-hydrogen) atoms. The number of rotatable bonds is 5. The Hall–Kier alpha value is -2.60. The molecule has 0 saturated carbocycles. The van der Waals surface area contributed by atoms with Gasteiger partial charge in [0.2, 0.25) is 5.28 Å². The predicted molar refractivity (Wildman–Crippen MR) is 83.6 cm³/mol. The lowest BCUT2D eigenvalue weighted by molar-refractivity contribution is -0.274. The lowest BCUT2D eigenvalue weighted by Gasteiger charge is -2.15. The highest BCUT2D eigenvalue weighted by Crippen LogP contribution is 2.26. The highest BCUT2D eigenvalue weighted by atomic mass is 35.5. The van der Waals surface area contributed by atoms with Crippen molar-refractivity contribution in [1.82, 2.24) is 15.3 Å². The molecule has 1 aromatic heterocycles. The maximum absolute atomic E-state index is 12.3. The van der Waals surface area contributed by atoms with E-state index in [4.69, 9.17) is 16.7 Å². The molecule has 2 N–H and O–H groups in total. The van der Waals surface area contributed by atoms with Crippen molar-refractivity contribution in [2.24, 2.45) is 0 Å². The van der Waals surface area contributed by atoms with Gasteiger partial charge >= 0.3 is 12.5 Å². The Bertz CT molecular complexity index is 842. The molecule has 0 aliphatic carbocycles. The van der Waals surface area contributed by atoms with Gasteiger partial charge in [-0.25, -0.2) is 9.97 Å². The first-order chi connectivity index (χ1) is 12.8. The van der Waals surface area contributed by atoms with E-state index in [0.717, 1.165) is 18.2 Å². The van der Waals surface area contributed by atoms with Gasteiger partial charge in [-0.3, -0.25) is 4.79 Å². The van der Waals surface area contributed by atoms with E-state index in [9.17, 15) is 31.1 Å². The maximum Gasteiger partial charge on any atom is 0.573 e. The summed E-state index contributed by atoms with van der Waals surface area (Å²) in [5, 5.41) is 10.3. The lowest BCUT2D eigenvalue weighted by Crippen LogP contribution is -2.40. The molecule has 0 unspecified atom stereocenters. The summed E-state index contributed by atoms with van der Waals surface area (Å²) in [5.41, 5.74) is -0.136. The van der Waals surface area contributed by atoms with E-state index in [-0.39, 0.29) is 11.3 Å². The number of amides is 1. The van der Waals surface area contributed by atoms with Crippen LogP contribution in [-0.2, 0) is 0 Å². The Morgan fingerprint density at radius 3 is 2.29 bits per heavy atom. The van der Waals surface area contributed by atoms with Crippen LogP contribution in [0.5, 0.6) is 5.75 Å². The van der Waals surface area contributed by atoms with E-state index in [1.165, 1.54) is 12.1 Å². The number of ether oxygens (including phenoxy) is 1. The summed E-state index contributed by atoms with van der Waals surface area (Å²) < 4.78 is 77.0. The molecule has 6 nitrogen and oxygen atoms in total. The van der Waals surface area contributed by atoms with Crippen LogP contribution in [0.25, 0.3) is 11.3 Å². The lowest BCUT2D eigenvalue weighted by atomic mass is 10.1. The SMILES string of the molecule is O=C(NC[C@H](O)C(F)(F)F)c1cc(-c2ccc(OC(F)(F)F)cc2)nc(Cl)n1. The molecule has 0 spiro atoms. The van der Waals surface area contributed by atoms with E-state index >= 15 is 0 Å². The van der Waals surface area contributed by atoms with Gasteiger partial charge in [0.1, 0.15) is 11.4 Å². The van der Waals surface area contributed by atoms with Crippen molar-refractivity contribution < 1.29 is 41.0 Å². The molecule has 0 fully saturated rings. The molecule has 1 amide bonds. The Labute approximate surface area is 158 Å². The summed E-state index contributed by atoms with van der Waals surface area (Å²) in [6, 6.07) is 5.47. The minimum Gasteiger partial charge on any atom is -0.406 e. The molecule has 0 aliphatic heterocycles. The second kappa shape index (κ2) is 8.19. The van der Waals surface area contributed by atoms with Gasteiger partial charge in [-0.15, -0.1) is 13.2 Å². The first-order valence-corrected chi connectivity index (χ1v) is 7.67. The van der Waals surface area contributed by atoms with Crippen LogP contribution < -0.4 is 10.1 Å². The van der Waals surface area contributed by atoms with Crippen LogP contribution in [0.15, 0.2) is 30.3 Å². The zero-order chi connectivity index (χ0) is 21.1. The fourth-order valence-electron chi connectivity index (χ4n) is 1.91. The molecule has 13 heteroatoms. The first-order valence-electron chi connectivity index (χ1n) is 7.29. The third kappa shape index (κ3) is 6.23. The average molecular weight is 430 g/mol. The fraction of sp³-hybridized carbons (Fsp3) is 0.267. The summed E-state index contributed by atoms with van der Waals surface area (Å²) in [6.07, 6.45) is -12.6. The molecule has 1 atom stereocenters. The number of aliphatic hydroxyl groups excluding tert-OH is 1. The monoisotopic (exact) mass is 429 g/mol. The zero-order valence-electron chi connectivity index (χ0n) is 13.5. The van der Waals surface area contributed by atoms with Crippen LogP contribution in [0, 0.1) is 0 Å². The van der Waals surface area contributed by atoms with Crippen LogP contribution >= 0.6 is 11.6 Å². The Morgan fingerprint density at radius 1 is 1.14 bits per heavy atom. The van der Waals surface area contributed by atoms with Crippen molar-refractivity contribution in [2.45, 2.75) is 18.6 Å². The van der Waals surface area contributed by atoms with E-state index < -0.39 is 47.8 Å². The van der Waals surface area contributed by atoms with E-state index in [0.29, 0.717) is 0 Å². The molecule has 2 rings (SSSR count). The molecular formula is C15H10ClF6N3O3. The number of nitrogens with one attached hydrogen (secondary N) is 1. The fourth-order valence-corrected chi connectivity index (χ4v) is 2.09. The molecule has 0 bridgehead atoms. The van der Waals surface area contributed by atoms with Crippen molar-refractivity contribution in [1.29, 1.82) is 0 Å². The number of hydrogen-bond acceptors (Lipinski definition) is 5. The van der Waals surface area contributed by atoms with Crippen LogP contribution in [0.4, 0.5) is 26.3 Å². The molecule has 0 aliphatic rings. The van der Waals surface area contributed by atoms with Gasteiger partial charge in [0.15, 0.2) is 6.10 Å². The van der Waals surface area contributed by atoms with Crippen LogP contribution in [-0.4, -0.2) is 46.2 Å². The Kier molecular flexibility index (Phi) is 6.34. The third-order valence-electron chi connectivity index (χ3n) is 3.15. The Balaban J connectivity index is 2.17. The number of aliphatic hydroxyl groups is 1. The molecular weight excluding hydrogens is 420 g/mol. The van der Waals surface area contributed by atoms with Gasteiger partial charge in [-0.05, 0) is 41.9 Å². The zero-order valence-corrected chi connectivity index (χ0v) is 14.2. The second-order valence-corrected chi connectivity index (χ2v) is 5.59. The average Bonchev–Trinajstić information content (AvgIpc) is 2.57. The number of benzene rings is 1. The van der Waals surface area contributed by atoms with Gasteiger partial charge in [-0.1, -0.05) is 0 Å². The van der Waals surface area contributed by atoms with Crippen molar-refractivity contribution >= 4 is 17.5 Å². The molecule has 152 valence electrons. The smallest absolute Gasteiger partial charge is 0.406 e. The summed E-state index contributed by atoms with van der Waals surface area (Å²) in [6.45, 7) is -1.11. The Morgan fingerprint density at radius 2 is 1.75 bits per heavy atom. The highest BCUT2D eigenvalue weighted by molar-refractivity contribution is 6.28. The normalized spacial score (nSPS) is 13.1. The number of aromatic nitrogens is 2. The van der Waals surface area contributed by atoms with Crippen molar-refractivity contribution in [3.63, 3.8) is 0 Å². The molecule has 1 heterocycles. The van der Waals surface area contributed by atoms with E-state index in [1.807, 2.05) is 5.32 Å². The topological polar surface area (TPSA) is 84.3 Å². The number of alkyl halides is 6. The largest absolute Gasteiger partial charge is 0.573 e. The summed E-state index contributed by atoms with van der Waals surface area (Å²) >= 11 is 5.69. The van der Waals surface area contributed by atoms with Crippen molar-refractivity contribution in [3.8, 4) is 17.0 Å². The second-order valence-electron chi connectivity index (χ2n) is 5.25. The highest BCUT2D eigenvalue weighted by Gasteiger charge is 2.38. The number of halogens is 7. The van der Waals surface area contributed by atoms with Gasteiger partial charge in [0.05, 0.1) is 12.2 Å². The number of carbonyl (C=O) groups is 1. The van der Waals surface area contributed by atoms with E-state index in [1.54, 1.807) is 0 Å². The quantitative estimate of drug-likeness (QED) is 0.562. The van der Waals surface area contributed by atoms with E-state index in [2.05, 4.69) is 14.7 Å². The minimum atomic E-state index is -4.91. The van der Waals surface area contributed by atoms with Gasteiger partial charge in [0.25, 0.3) is 5.91 Å². The maximum atomic E-state index is 12.3. The van der Waals surface area contributed by atoms with Crippen LogP contribution in [0.2, 0.25) is 5.28 Å². The van der Waals surface area contributed by atoms with Gasteiger partial charge < -0.3 is 15.2 Å². The molecule has 2 aromatic rings. The predicted octanol–water partition coefficient (Wildman–Crippen LogP) is 3.35. The molecule has 0 saturated heterocycles. The van der Waals surface area contributed by atoms with Crippen LogP contribution in [0.3, 0.4) is 0 Å². The summed E-state index contributed by atoms with van der Waals surface area (Å²) in [5.74, 6) is -1.55. The summed E-state index contributed by atoms with van der Waals surface area (Å²) in [7, 11) is 0. The number of hydrogen-bond donors (Lipinski definition) is 2. The van der Waals surface area contributed by atoms with Gasteiger partial charge in [-0.2, -0.15) is 13.2 Å². The summed E-state index contributed by atoms with van der Waals surface area (Å²) in [4.78, 5) is 19.3. The number of carbonyl (C=O) groups excluding carboxylic acids is 1. The molecule has 1 aromatic carbocycles. The minimum absolute atomic E-state index is 0.0279.